The summed E-state index contributed by atoms with van der Waals surface area (Å²) in [5, 5.41) is 18.8. The molecule has 2 heteroatoms. The number of unbranched alkanes of at least 4 members (excludes halogenated alkanes) is 2. The van der Waals surface area contributed by atoms with Crippen molar-refractivity contribution < 1.29 is 10.2 Å². The number of hydrogen-bond donors (Lipinski definition) is 2. The van der Waals surface area contributed by atoms with Crippen LogP contribution in [0.25, 0.3) is 0 Å². The van der Waals surface area contributed by atoms with E-state index in [2.05, 4.69) is 6.92 Å². The Bertz CT molecular complexity index is 93.8. The quantitative estimate of drug-likeness (QED) is 0.580. The molecule has 0 aromatic carbocycles. The summed E-state index contributed by atoms with van der Waals surface area (Å²) in [6, 6.07) is 0. The number of aliphatic hydroxyl groups is 2. The third kappa shape index (κ3) is 5.56. The second-order valence-electron chi connectivity index (χ2n) is 3.42. The molecule has 0 saturated carbocycles. The topological polar surface area (TPSA) is 40.5 Å². The molecule has 2 atom stereocenters. The lowest BCUT2D eigenvalue weighted by molar-refractivity contribution is 0.00823. The largest absolute Gasteiger partial charge is 0.390 e. The lowest BCUT2D eigenvalue weighted by Crippen LogP contribution is -2.25. The van der Waals surface area contributed by atoms with E-state index in [4.69, 9.17) is 0 Å². The zero-order chi connectivity index (χ0) is 9.40. The molecule has 0 saturated heterocycles. The molecule has 0 unspecified atom stereocenters. The van der Waals surface area contributed by atoms with Crippen LogP contribution in [0.5, 0.6) is 0 Å². The van der Waals surface area contributed by atoms with Crippen LogP contribution in [-0.2, 0) is 0 Å². The van der Waals surface area contributed by atoms with Gasteiger partial charge in [-0.2, -0.15) is 0 Å². The molecule has 0 aromatic rings. The van der Waals surface area contributed by atoms with Gasteiger partial charge in [0.05, 0.1) is 12.2 Å². The van der Waals surface area contributed by atoms with Gasteiger partial charge in [0.2, 0.25) is 0 Å². The lowest BCUT2D eigenvalue weighted by Gasteiger charge is -2.16. The van der Waals surface area contributed by atoms with Crippen molar-refractivity contribution in [2.45, 2.75) is 64.6 Å². The Morgan fingerprint density at radius 1 is 0.833 bits per heavy atom. The van der Waals surface area contributed by atoms with Crippen LogP contribution in [0.1, 0.15) is 52.4 Å². The third-order valence-electron chi connectivity index (χ3n) is 2.13. The van der Waals surface area contributed by atoms with E-state index in [1.807, 2.05) is 6.92 Å². The highest BCUT2D eigenvalue weighted by atomic mass is 16.3. The minimum Gasteiger partial charge on any atom is -0.390 e. The third-order valence-corrected chi connectivity index (χ3v) is 2.13. The van der Waals surface area contributed by atoms with Gasteiger partial charge >= 0.3 is 0 Å². The summed E-state index contributed by atoms with van der Waals surface area (Å²) >= 11 is 0. The normalized spacial score (nSPS) is 16.0. The van der Waals surface area contributed by atoms with E-state index in [1.54, 1.807) is 0 Å². The van der Waals surface area contributed by atoms with E-state index in [9.17, 15) is 10.2 Å². The summed E-state index contributed by atoms with van der Waals surface area (Å²) in [4.78, 5) is 0. The Morgan fingerprint density at radius 2 is 1.42 bits per heavy atom. The molecule has 0 bridgehead atoms. The highest BCUT2D eigenvalue weighted by molar-refractivity contribution is 4.66. The fourth-order valence-corrected chi connectivity index (χ4v) is 1.28. The Hall–Kier alpha value is -0.0800. The number of aliphatic hydroxyl groups excluding tert-OH is 2. The van der Waals surface area contributed by atoms with E-state index in [-0.39, 0.29) is 0 Å². The van der Waals surface area contributed by atoms with E-state index >= 15 is 0 Å². The van der Waals surface area contributed by atoms with Crippen molar-refractivity contribution >= 4 is 0 Å². The molecule has 74 valence electrons. The molecule has 0 aromatic heterocycles. The monoisotopic (exact) mass is 174 g/mol. The maximum Gasteiger partial charge on any atom is 0.0799 e. The van der Waals surface area contributed by atoms with Gasteiger partial charge < -0.3 is 10.2 Å². The zero-order valence-electron chi connectivity index (χ0n) is 8.29. The predicted octanol–water partition coefficient (Wildman–Crippen LogP) is 2.09. The molecule has 0 aliphatic heterocycles. The van der Waals surface area contributed by atoms with Crippen LogP contribution in [-0.4, -0.2) is 22.4 Å². The molecular weight excluding hydrogens is 152 g/mol. The van der Waals surface area contributed by atoms with Gasteiger partial charge in [0, 0.05) is 0 Å². The van der Waals surface area contributed by atoms with Gasteiger partial charge in [-0.1, -0.05) is 39.5 Å². The molecular formula is C10H22O2. The highest BCUT2D eigenvalue weighted by Gasteiger charge is 2.13. The van der Waals surface area contributed by atoms with Crippen molar-refractivity contribution in [3.05, 3.63) is 0 Å². The van der Waals surface area contributed by atoms with Crippen LogP contribution in [0.3, 0.4) is 0 Å². The van der Waals surface area contributed by atoms with E-state index in [0.29, 0.717) is 6.42 Å². The maximum atomic E-state index is 9.43. The molecule has 0 rings (SSSR count). The fraction of sp³-hybridized carbons (Fsp3) is 1.00. The van der Waals surface area contributed by atoms with Crippen LogP contribution in [0, 0.1) is 0 Å². The molecule has 0 aliphatic carbocycles. The minimum atomic E-state index is -0.508. The van der Waals surface area contributed by atoms with Gasteiger partial charge in [0.1, 0.15) is 0 Å². The standard InChI is InChI=1S/C10H22O2/c1-3-5-6-8-10(12)9(11)7-4-2/h9-12H,3-8H2,1-2H3/t9-,10-/m0/s1. The van der Waals surface area contributed by atoms with Crippen molar-refractivity contribution in [3.8, 4) is 0 Å². The summed E-state index contributed by atoms with van der Waals surface area (Å²) in [7, 11) is 0. The smallest absolute Gasteiger partial charge is 0.0799 e. The summed E-state index contributed by atoms with van der Waals surface area (Å²) in [5.74, 6) is 0. The van der Waals surface area contributed by atoms with Crippen LogP contribution >= 0.6 is 0 Å². The Morgan fingerprint density at radius 3 is 1.92 bits per heavy atom. The molecule has 2 N–H and O–H groups in total. The first-order valence-electron chi connectivity index (χ1n) is 5.08. The zero-order valence-corrected chi connectivity index (χ0v) is 8.29. The SMILES string of the molecule is CCCCC[C@H](O)[C@@H](O)CCC. The van der Waals surface area contributed by atoms with Crippen LogP contribution in [0.2, 0.25) is 0 Å². The molecule has 0 amide bonds. The summed E-state index contributed by atoms with van der Waals surface area (Å²) in [6.07, 6.45) is 4.72. The first-order chi connectivity index (χ1) is 5.72. The predicted molar refractivity (Wildman–Crippen MR) is 51.1 cm³/mol. The molecule has 2 nitrogen and oxygen atoms in total. The summed E-state index contributed by atoms with van der Waals surface area (Å²) in [6.45, 7) is 4.15. The van der Waals surface area contributed by atoms with Crippen LogP contribution in [0.4, 0.5) is 0 Å². The molecule has 0 spiro atoms. The van der Waals surface area contributed by atoms with Gasteiger partial charge in [-0.05, 0) is 12.8 Å². The van der Waals surface area contributed by atoms with Gasteiger partial charge in [-0.15, -0.1) is 0 Å². The second-order valence-corrected chi connectivity index (χ2v) is 3.42. The number of hydrogen-bond acceptors (Lipinski definition) is 2. The van der Waals surface area contributed by atoms with E-state index in [1.165, 1.54) is 0 Å². The minimum absolute atomic E-state index is 0.503. The van der Waals surface area contributed by atoms with Crippen molar-refractivity contribution in [1.29, 1.82) is 0 Å². The molecule has 0 aliphatic rings. The second kappa shape index (κ2) is 7.56. The van der Waals surface area contributed by atoms with Gasteiger partial charge in [0.15, 0.2) is 0 Å². The van der Waals surface area contributed by atoms with Crippen LogP contribution < -0.4 is 0 Å². The van der Waals surface area contributed by atoms with E-state index < -0.39 is 12.2 Å². The maximum absolute atomic E-state index is 9.43. The first kappa shape index (κ1) is 11.9. The fourth-order valence-electron chi connectivity index (χ4n) is 1.28. The number of rotatable bonds is 7. The van der Waals surface area contributed by atoms with Crippen molar-refractivity contribution in [2.24, 2.45) is 0 Å². The van der Waals surface area contributed by atoms with Crippen molar-refractivity contribution in [2.75, 3.05) is 0 Å². The summed E-state index contributed by atoms with van der Waals surface area (Å²) < 4.78 is 0. The average Bonchev–Trinajstić information content (AvgIpc) is 2.05. The van der Waals surface area contributed by atoms with Gasteiger partial charge in [0.25, 0.3) is 0 Å². The lowest BCUT2D eigenvalue weighted by atomic mass is 10.0. The molecule has 12 heavy (non-hydrogen) atoms. The van der Waals surface area contributed by atoms with Gasteiger partial charge in [-0.25, -0.2) is 0 Å². The van der Waals surface area contributed by atoms with Gasteiger partial charge in [-0.3, -0.25) is 0 Å². The van der Waals surface area contributed by atoms with Crippen LogP contribution in [0.15, 0.2) is 0 Å². The molecule has 0 heterocycles. The Kier molecular flexibility index (Phi) is 7.51. The highest BCUT2D eigenvalue weighted by Crippen LogP contribution is 2.10. The Labute approximate surface area is 75.6 Å². The van der Waals surface area contributed by atoms with Crippen molar-refractivity contribution in [1.82, 2.24) is 0 Å². The Balaban J connectivity index is 3.35. The molecule has 0 fully saturated rings. The van der Waals surface area contributed by atoms with Crippen molar-refractivity contribution in [3.63, 3.8) is 0 Å². The first-order valence-corrected chi connectivity index (χ1v) is 5.08. The summed E-state index contributed by atoms with van der Waals surface area (Å²) in [5.41, 5.74) is 0. The average molecular weight is 174 g/mol. The van der Waals surface area contributed by atoms with E-state index in [0.717, 1.165) is 32.1 Å². The molecule has 0 radical (unpaired) electrons.